The molecule has 0 unspecified atom stereocenters. The van der Waals surface area contributed by atoms with E-state index in [1.54, 1.807) is 13.0 Å². The minimum absolute atomic E-state index is 0.247. The van der Waals surface area contributed by atoms with Gasteiger partial charge in [-0.25, -0.2) is 4.21 Å². The summed E-state index contributed by atoms with van der Waals surface area (Å²) in [6.07, 6.45) is 4.47. The highest BCUT2D eigenvalue weighted by atomic mass is 32.2. The van der Waals surface area contributed by atoms with Crippen LogP contribution >= 0.6 is 0 Å². The molecule has 0 aliphatic heterocycles. The zero-order valence-corrected chi connectivity index (χ0v) is 15.3. The molecular weight excluding hydrogens is 292 g/mol. The minimum atomic E-state index is -1.20. The predicted octanol–water partition coefficient (Wildman–Crippen LogP) is 4.83. The van der Waals surface area contributed by atoms with Crippen LogP contribution in [0.4, 0.5) is 0 Å². The molecule has 0 bridgehead atoms. The molecule has 1 N–H and O–H groups in total. The van der Waals surface area contributed by atoms with Crippen molar-refractivity contribution in [1.29, 1.82) is 0 Å². The zero-order chi connectivity index (χ0) is 16.7. The van der Waals surface area contributed by atoms with E-state index in [0.29, 0.717) is 5.92 Å². The molecule has 3 heteroatoms. The summed E-state index contributed by atoms with van der Waals surface area (Å²) in [4.78, 5) is 1.70. The van der Waals surface area contributed by atoms with Crippen LogP contribution in [0.2, 0.25) is 0 Å². The molecule has 0 heterocycles. The quantitative estimate of drug-likeness (QED) is 0.744. The Morgan fingerprint density at radius 1 is 1.23 bits per heavy atom. The third kappa shape index (κ3) is 5.69. The number of rotatable bonds is 8. The first-order valence-electron chi connectivity index (χ1n) is 8.25. The Kier molecular flexibility index (Phi) is 8.05. The maximum atomic E-state index is 13.0. The summed E-state index contributed by atoms with van der Waals surface area (Å²) in [5, 5.41) is 9.81. The van der Waals surface area contributed by atoms with Crippen molar-refractivity contribution in [1.82, 2.24) is 0 Å². The summed E-state index contributed by atoms with van der Waals surface area (Å²) >= 11 is 0. The van der Waals surface area contributed by atoms with Crippen molar-refractivity contribution >= 4 is 10.8 Å². The smallest absolute Gasteiger partial charge is 0.0809 e. The van der Waals surface area contributed by atoms with Crippen LogP contribution in [-0.4, -0.2) is 15.4 Å². The summed E-state index contributed by atoms with van der Waals surface area (Å²) in [5.41, 5.74) is 1.16. The van der Waals surface area contributed by atoms with Crippen molar-refractivity contribution in [2.24, 2.45) is 11.8 Å². The van der Waals surface area contributed by atoms with Gasteiger partial charge in [0.2, 0.25) is 0 Å². The number of hydrogen-bond donors (Lipinski definition) is 1. The molecule has 1 rings (SSSR count). The second kappa shape index (κ2) is 9.26. The highest BCUT2D eigenvalue weighted by Gasteiger charge is 2.24. The lowest BCUT2D eigenvalue weighted by Crippen LogP contribution is -2.17. The van der Waals surface area contributed by atoms with Gasteiger partial charge in [-0.1, -0.05) is 51.3 Å². The number of aryl methyl sites for hydroxylation is 1. The fourth-order valence-corrected chi connectivity index (χ4v) is 4.23. The number of allylic oxidation sites excluding steroid dienone is 1. The molecule has 0 radical (unpaired) electrons. The first-order valence-corrected chi connectivity index (χ1v) is 9.40. The van der Waals surface area contributed by atoms with E-state index in [2.05, 4.69) is 20.8 Å². The Morgan fingerprint density at radius 3 is 2.27 bits per heavy atom. The third-order valence-electron chi connectivity index (χ3n) is 3.89. The van der Waals surface area contributed by atoms with Crippen LogP contribution in [0.5, 0.6) is 0 Å². The Hall–Kier alpha value is -0.930. The van der Waals surface area contributed by atoms with E-state index in [0.717, 1.165) is 34.6 Å². The van der Waals surface area contributed by atoms with Crippen LogP contribution in [0.1, 0.15) is 52.5 Å². The molecule has 0 aliphatic carbocycles. The molecule has 2 nitrogen and oxygen atoms in total. The first-order chi connectivity index (χ1) is 10.4. The normalized spacial score (nSPS) is 16.6. The van der Waals surface area contributed by atoms with Crippen molar-refractivity contribution in [3.05, 3.63) is 40.8 Å². The van der Waals surface area contributed by atoms with Crippen LogP contribution in [0.3, 0.4) is 0 Å². The van der Waals surface area contributed by atoms with Gasteiger partial charge in [0.05, 0.1) is 16.9 Å². The molecule has 22 heavy (non-hydrogen) atoms. The Balaban J connectivity index is 3.15. The summed E-state index contributed by atoms with van der Waals surface area (Å²) in [6.45, 7) is 10.3. The molecule has 0 spiro atoms. The molecule has 0 saturated heterocycles. The van der Waals surface area contributed by atoms with Gasteiger partial charge in [0, 0.05) is 9.80 Å². The van der Waals surface area contributed by atoms with Crippen LogP contribution in [0.25, 0.3) is 0 Å². The summed E-state index contributed by atoms with van der Waals surface area (Å²) in [7, 11) is -1.20. The second-order valence-corrected chi connectivity index (χ2v) is 7.86. The van der Waals surface area contributed by atoms with Gasteiger partial charge in [0.15, 0.2) is 0 Å². The van der Waals surface area contributed by atoms with Crippen LogP contribution in [-0.2, 0) is 10.8 Å². The maximum Gasteiger partial charge on any atom is 0.0809 e. The first kappa shape index (κ1) is 19.1. The molecular formula is C19H30O2S. The lowest BCUT2D eigenvalue weighted by Gasteiger charge is -2.24. The highest BCUT2D eigenvalue weighted by molar-refractivity contribution is 7.89. The summed E-state index contributed by atoms with van der Waals surface area (Å²) in [5.74, 6) is 0.655. The van der Waals surface area contributed by atoms with Gasteiger partial charge < -0.3 is 5.11 Å². The standard InChI is InChI=1S/C19H30O2S/c1-6-7-8-18(14(2)3)19(13-16(5)20)22(21)17-11-9-15(4)10-12-17/h9-14,16,18,20H,6-8H2,1-5H3/b19-13-/t16-,18-,22+/m1/s1. The van der Waals surface area contributed by atoms with E-state index in [1.165, 1.54) is 0 Å². The van der Waals surface area contributed by atoms with E-state index < -0.39 is 16.9 Å². The van der Waals surface area contributed by atoms with E-state index in [1.807, 2.05) is 31.2 Å². The number of hydrogen-bond acceptors (Lipinski definition) is 2. The fourth-order valence-electron chi connectivity index (χ4n) is 2.59. The van der Waals surface area contributed by atoms with Gasteiger partial charge in [-0.15, -0.1) is 0 Å². The van der Waals surface area contributed by atoms with Gasteiger partial charge in [0.25, 0.3) is 0 Å². The molecule has 0 amide bonds. The van der Waals surface area contributed by atoms with E-state index in [9.17, 15) is 9.32 Å². The summed E-state index contributed by atoms with van der Waals surface area (Å²) < 4.78 is 13.0. The van der Waals surface area contributed by atoms with Crippen molar-refractivity contribution in [2.75, 3.05) is 0 Å². The Bertz CT molecular complexity index is 501. The van der Waals surface area contributed by atoms with Gasteiger partial charge in [-0.05, 0) is 50.3 Å². The van der Waals surface area contributed by atoms with Crippen molar-refractivity contribution in [3.63, 3.8) is 0 Å². The summed E-state index contributed by atoms with van der Waals surface area (Å²) in [6, 6.07) is 7.84. The Labute approximate surface area is 138 Å². The number of aliphatic hydroxyl groups is 1. The maximum absolute atomic E-state index is 13.0. The number of benzene rings is 1. The second-order valence-electron chi connectivity index (χ2n) is 6.38. The van der Waals surface area contributed by atoms with Crippen molar-refractivity contribution in [3.8, 4) is 0 Å². The topological polar surface area (TPSA) is 37.3 Å². The lowest BCUT2D eigenvalue weighted by atomic mass is 9.89. The molecule has 1 aromatic carbocycles. The van der Waals surface area contributed by atoms with Gasteiger partial charge in [-0.3, -0.25) is 0 Å². The van der Waals surface area contributed by atoms with Crippen LogP contribution in [0.15, 0.2) is 40.1 Å². The molecule has 0 aliphatic rings. The molecule has 3 atom stereocenters. The average Bonchev–Trinajstić information content (AvgIpc) is 2.45. The predicted molar refractivity (Wildman–Crippen MR) is 95.2 cm³/mol. The number of aliphatic hydroxyl groups excluding tert-OH is 1. The lowest BCUT2D eigenvalue weighted by molar-refractivity contribution is 0.242. The van der Waals surface area contributed by atoms with Crippen molar-refractivity contribution in [2.45, 2.75) is 64.9 Å². The average molecular weight is 323 g/mol. The fraction of sp³-hybridized carbons (Fsp3) is 0.579. The van der Waals surface area contributed by atoms with E-state index in [-0.39, 0.29) is 5.92 Å². The molecule has 0 saturated carbocycles. The van der Waals surface area contributed by atoms with Crippen LogP contribution < -0.4 is 0 Å². The zero-order valence-electron chi connectivity index (χ0n) is 14.5. The molecule has 0 aromatic heterocycles. The van der Waals surface area contributed by atoms with E-state index >= 15 is 0 Å². The third-order valence-corrected chi connectivity index (χ3v) is 5.46. The van der Waals surface area contributed by atoms with Gasteiger partial charge in [-0.2, -0.15) is 0 Å². The molecule has 0 fully saturated rings. The largest absolute Gasteiger partial charge is 0.389 e. The molecule has 124 valence electrons. The molecule has 1 aromatic rings. The van der Waals surface area contributed by atoms with E-state index in [4.69, 9.17) is 0 Å². The van der Waals surface area contributed by atoms with Gasteiger partial charge >= 0.3 is 0 Å². The van der Waals surface area contributed by atoms with Crippen molar-refractivity contribution < 1.29 is 9.32 Å². The van der Waals surface area contributed by atoms with Crippen LogP contribution in [0, 0.1) is 18.8 Å². The van der Waals surface area contributed by atoms with Gasteiger partial charge in [0.1, 0.15) is 0 Å². The Morgan fingerprint density at radius 2 is 1.82 bits per heavy atom. The minimum Gasteiger partial charge on any atom is -0.389 e. The SMILES string of the molecule is CCCC[C@@H](/C(=C/[C@@H](C)O)[S@@](=O)c1ccc(C)cc1)C(C)C. The monoisotopic (exact) mass is 322 g/mol. The number of unbranched alkanes of at least 4 members (excludes halogenated alkanes) is 1. The highest BCUT2D eigenvalue weighted by Crippen LogP contribution is 2.31.